The van der Waals surface area contributed by atoms with Crippen LogP contribution >= 0.6 is 0 Å². The number of likely N-dealkylation sites (tertiary alicyclic amines) is 1. The first-order valence-corrected chi connectivity index (χ1v) is 12.5. The molecule has 3 amide bonds. The van der Waals surface area contributed by atoms with E-state index in [1.54, 1.807) is 7.11 Å². The zero-order valence-corrected chi connectivity index (χ0v) is 21.1. The summed E-state index contributed by atoms with van der Waals surface area (Å²) in [7, 11) is 1.61. The number of piperidine rings is 1. The second-order valence-electron chi connectivity index (χ2n) is 10.0. The molecule has 0 bridgehead atoms. The maximum Gasteiger partial charge on any atom is 0.318 e. The minimum Gasteiger partial charge on any atom is -0.497 e. The van der Waals surface area contributed by atoms with Crippen LogP contribution in [0, 0.1) is 12.8 Å². The average Bonchev–Trinajstić information content (AvgIpc) is 2.80. The van der Waals surface area contributed by atoms with Crippen LogP contribution in [0.5, 0.6) is 5.75 Å². The van der Waals surface area contributed by atoms with Crippen molar-refractivity contribution >= 4 is 11.9 Å². The van der Waals surface area contributed by atoms with Crippen molar-refractivity contribution in [2.24, 2.45) is 11.7 Å². The third-order valence-electron chi connectivity index (χ3n) is 8.04. The summed E-state index contributed by atoms with van der Waals surface area (Å²) in [6.07, 6.45) is 3.88. The number of nitrogens with zero attached hydrogens (tertiary/aromatic N) is 1. The van der Waals surface area contributed by atoms with Crippen LogP contribution in [0.4, 0.5) is 4.79 Å². The van der Waals surface area contributed by atoms with E-state index in [2.05, 4.69) is 24.1 Å². The first kappa shape index (κ1) is 26.4. The fourth-order valence-electron chi connectivity index (χ4n) is 6.19. The zero-order chi connectivity index (χ0) is 24.9. The molecular weight excluding hydrogens is 434 g/mol. The molecule has 1 aromatic carbocycles. The van der Waals surface area contributed by atoms with Crippen molar-refractivity contribution in [3.8, 4) is 5.75 Å². The van der Waals surface area contributed by atoms with Crippen LogP contribution in [0.1, 0.15) is 63.5 Å². The number of ether oxygens (including phenoxy) is 2. The van der Waals surface area contributed by atoms with E-state index in [0.29, 0.717) is 24.5 Å². The highest BCUT2D eigenvalue weighted by Gasteiger charge is 2.59. The number of nitrogens with one attached hydrogen (secondary N) is 1. The molecule has 4 N–H and O–H groups in total. The monoisotopic (exact) mass is 475 g/mol. The molecule has 2 aliphatic heterocycles. The number of hydrogen-bond acceptors (Lipinski definition) is 6. The Hall–Kier alpha value is -2.16. The number of aryl methyl sites for hydroxylation is 1. The Kier molecular flexibility index (Phi) is 8.60. The molecule has 3 atom stereocenters. The zero-order valence-electron chi connectivity index (χ0n) is 21.1. The number of nitrogens with two attached hydrogens (primary N) is 1. The summed E-state index contributed by atoms with van der Waals surface area (Å²) in [6, 6.07) is 4.72. The lowest BCUT2D eigenvalue weighted by Gasteiger charge is -2.58. The molecule has 190 valence electrons. The number of carbonyl (C=O) groups excluding carboxylic acids is 2. The van der Waals surface area contributed by atoms with Crippen LogP contribution in [0.15, 0.2) is 18.2 Å². The molecule has 8 heteroatoms. The normalized spacial score (nSPS) is 28.4. The van der Waals surface area contributed by atoms with Gasteiger partial charge in [-0.3, -0.25) is 15.0 Å². The van der Waals surface area contributed by atoms with Gasteiger partial charge in [-0.05, 0) is 75.3 Å². The summed E-state index contributed by atoms with van der Waals surface area (Å²) in [5.74, 6) is 0.729. The number of hydrogen-bond donors (Lipinski definition) is 3. The molecule has 2 aliphatic rings. The molecule has 34 heavy (non-hydrogen) atoms. The number of carbonyl (C=O) groups is 2. The standard InChI is InChI=1S/C26H41N3O5/c1-5-10-26(32)19(3)29(17-20-8-13-34-14-9-20)12-11-25(26,16-23(30)28-24(27)31)22-15-21(33-4)7-6-18(22)2/h6-7,15,19-20,32H,5,8-14,16-17H2,1-4H3,(H3,27,28,30,31). The highest BCUT2D eigenvalue weighted by atomic mass is 16.5. The van der Waals surface area contributed by atoms with Gasteiger partial charge in [-0.2, -0.15) is 0 Å². The van der Waals surface area contributed by atoms with E-state index < -0.39 is 23.0 Å². The van der Waals surface area contributed by atoms with E-state index in [0.717, 1.165) is 56.7 Å². The Morgan fingerprint density at radius 2 is 2.03 bits per heavy atom. The molecular formula is C26H41N3O5. The molecule has 0 aliphatic carbocycles. The van der Waals surface area contributed by atoms with Gasteiger partial charge in [0.05, 0.1) is 12.7 Å². The highest BCUT2D eigenvalue weighted by molar-refractivity contribution is 5.94. The number of amides is 3. The lowest BCUT2D eigenvalue weighted by molar-refractivity contribution is -0.153. The SMILES string of the molecule is CCCC1(O)C(C)N(CC2CCOCC2)CCC1(CC(=O)NC(N)=O)c1cc(OC)ccc1C. The molecule has 0 saturated carbocycles. The molecule has 0 radical (unpaired) electrons. The number of benzene rings is 1. The highest BCUT2D eigenvalue weighted by Crippen LogP contribution is 2.52. The van der Waals surface area contributed by atoms with Gasteiger partial charge < -0.3 is 20.3 Å². The quantitative estimate of drug-likeness (QED) is 0.533. The Morgan fingerprint density at radius 1 is 1.32 bits per heavy atom. The van der Waals surface area contributed by atoms with E-state index >= 15 is 0 Å². The number of imide groups is 1. The topological polar surface area (TPSA) is 114 Å². The fraction of sp³-hybridized carbons (Fsp3) is 0.692. The van der Waals surface area contributed by atoms with Crippen LogP contribution in [0.25, 0.3) is 0 Å². The lowest BCUT2D eigenvalue weighted by Crippen LogP contribution is -2.69. The lowest BCUT2D eigenvalue weighted by atomic mass is 9.56. The van der Waals surface area contributed by atoms with Gasteiger partial charge in [0.2, 0.25) is 5.91 Å². The van der Waals surface area contributed by atoms with E-state index in [4.69, 9.17) is 15.2 Å². The second kappa shape index (κ2) is 11.1. The van der Waals surface area contributed by atoms with E-state index in [1.165, 1.54) is 0 Å². The summed E-state index contributed by atoms with van der Waals surface area (Å²) in [6.45, 7) is 9.33. The molecule has 0 spiro atoms. The molecule has 3 unspecified atom stereocenters. The van der Waals surface area contributed by atoms with E-state index in [-0.39, 0.29) is 12.5 Å². The van der Waals surface area contributed by atoms with E-state index in [1.807, 2.05) is 25.1 Å². The first-order chi connectivity index (χ1) is 16.2. The minimum atomic E-state index is -1.20. The van der Waals surface area contributed by atoms with Gasteiger partial charge in [0.25, 0.3) is 0 Å². The van der Waals surface area contributed by atoms with Gasteiger partial charge >= 0.3 is 6.03 Å². The number of aliphatic hydroxyl groups is 1. The number of rotatable bonds is 8. The largest absolute Gasteiger partial charge is 0.497 e. The molecule has 1 aromatic rings. The van der Waals surface area contributed by atoms with Crippen molar-refractivity contribution in [1.29, 1.82) is 0 Å². The molecule has 2 heterocycles. The molecule has 2 saturated heterocycles. The Labute approximate surface area is 203 Å². The summed E-state index contributed by atoms with van der Waals surface area (Å²) < 4.78 is 11.0. The Bertz CT molecular complexity index is 872. The fourth-order valence-corrected chi connectivity index (χ4v) is 6.19. The van der Waals surface area contributed by atoms with Crippen molar-refractivity contribution in [1.82, 2.24) is 10.2 Å². The van der Waals surface area contributed by atoms with Crippen LogP contribution in [0.3, 0.4) is 0 Å². The summed E-state index contributed by atoms with van der Waals surface area (Å²) in [5.41, 5.74) is 5.04. The summed E-state index contributed by atoms with van der Waals surface area (Å²) in [5, 5.41) is 14.8. The maximum atomic E-state index is 13.0. The number of methoxy groups -OCH3 is 1. The molecule has 0 aromatic heterocycles. The maximum absolute atomic E-state index is 13.0. The van der Waals surface area contributed by atoms with Crippen molar-refractivity contribution in [3.63, 3.8) is 0 Å². The third kappa shape index (κ3) is 5.24. The third-order valence-corrected chi connectivity index (χ3v) is 8.04. The van der Waals surface area contributed by atoms with Crippen molar-refractivity contribution in [3.05, 3.63) is 29.3 Å². The van der Waals surface area contributed by atoms with Crippen molar-refractivity contribution < 1.29 is 24.2 Å². The van der Waals surface area contributed by atoms with Gasteiger partial charge in [-0.25, -0.2) is 4.79 Å². The van der Waals surface area contributed by atoms with Gasteiger partial charge in [0, 0.05) is 37.6 Å². The van der Waals surface area contributed by atoms with Crippen LogP contribution in [-0.4, -0.2) is 67.0 Å². The predicted molar refractivity (Wildman–Crippen MR) is 131 cm³/mol. The van der Waals surface area contributed by atoms with Crippen LogP contribution in [-0.2, 0) is 14.9 Å². The molecule has 2 fully saturated rings. The van der Waals surface area contributed by atoms with Crippen LogP contribution in [0.2, 0.25) is 0 Å². The molecule has 8 nitrogen and oxygen atoms in total. The van der Waals surface area contributed by atoms with Gasteiger partial charge in [-0.15, -0.1) is 0 Å². The number of urea groups is 1. The Balaban J connectivity index is 2.07. The van der Waals surface area contributed by atoms with Crippen LogP contribution < -0.4 is 15.8 Å². The predicted octanol–water partition coefficient (Wildman–Crippen LogP) is 2.88. The smallest absolute Gasteiger partial charge is 0.318 e. The molecule has 3 rings (SSSR count). The van der Waals surface area contributed by atoms with Crippen molar-refractivity contribution in [2.75, 3.05) is 33.4 Å². The summed E-state index contributed by atoms with van der Waals surface area (Å²) in [4.78, 5) is 26.8. The second-order valence-corrected chi connectivity index (χ2v) is 10.0. The number of primary amides is 1. The van der Waals surface area contributed by atoms with Gasteiger partial charge in [0.15, 0.2) is 0 Å². The van der Waals surface area contributed by atoms with Gasteiger partial charge in [0.1, 0.15) is 5.75 Å². The Morgan fingerprint density at radius 3 is 2.65 bits per heavy atom. The van der Waals surface area contributed by atoms with Crippen molar-refractivity contribution in [2.45, 2.75) is 76.4 Å². The average molecular weight is 476 g/mol. The van der Waals surface area contributed by atoms with E-state index in [9.17, 15) is 14.7 Å². The summed E-state index contributed by atoms with van der Waals surface area (Å²) >= 11 is 0. The first-order valence-electron chi connectivity index (χ1n) is 12.5. The minimum absolute atomic E-state index is 0.0318. The van der Waals surface area contributed by atoms with Gasteiger partial charge in [-0.1, -0.05) is 19.4 Å².